The molecule has 2 aromatic carbocycles. The van der Waals surface area contributed by atoms with E-state index < -0.39 is 5.97 Å². The molecule has 5 nitrogen and oxygen atoms in total. The number of hydrogen-bond donors (Lipinski definition) is 2. The smallest absolute Gasteiger partial charge is 0.323 e. The van der Waals surface area contributed by atoms with E-state index in [1.165, 1.54) is 4.90 Å². The zero-order chi connectivity index (χ0) is 17.3. The van der Waals surface area contributed by atoms with Crippen molar-refractivity contribution in [2.75, 3.05) is 6.54 Å². The van der Waals surface area contributed by atoms with Crippen molar-refractivity contribution in [2.24, 2.45) is 0 Å². The highest BCUT2D eigenvalue weighted by atomic mass is 16.4. The number of rotatable bonds is 5. The number of carbonyl (C=O) groups is 2. The topological polar surface area (TPSA) is 73.4 Å². The molecule has 0 aliphatic carbocycles. The van der Waals surface area contributed by atoms with Crippen LogP contribution < -0.4 is 0 Å². The van der Waals surface area contributed by atoms with Crippen LogP contribution in [0, 0.1) is 0 Å². The minimum atomic E-state index is -1.01. The number of aromatic amines is 1. The summed E-state index contributed by atoms with van der Waals surface area (Å²) in [5, 5.41) is 12.2. The quantitative estimate of drug-likeness (QED) is 0.752. The van der Waals surface area contributed by atoms with Crippen molar-refractivity contribution in [2.45, 2.75) is 26.3 Å². The van der Waals surface area contributed by atoms with Gasteiger partial charge in [-0.3, -0.25) is 9.59 Å². The Morgan fingerprint density at radius 2 is 1.92 bits per heavy atom. The fraction of sp³-hybridized carbons (Fsp3) is 0.263. The molecule has 1 amide bonds. The fourth-order valence-electron chi connectivity index (χ4n) is 2.95. The monoisotopic (exact) mass is 324 g/mol. The van der Waals surface area contributed by atoms with Gasteiger partial charge in [0.25, 0.3) is 5.91 Å². The van der Waals surface area contributed by atoms with E-state index in [0.29, 0.717) is 12.1 Å². The maximum atomic E-state index is 12.8. The molecule has 1 aromatic heterocycles. The van der Waals surface area contributed by atoms with E-state index in [0.717, 1.165) is 21.7 Å². The van der Waals surface area contributed by atoms with Gasteiger partial charge in [0, 0.05) is 16.9 Å². The molecule has 0 bridgehead atoms. The Kier molecular flexibility index (Phi) is 4.25. The maximum Gasteiger partial charge on any atom is 0.323 e. The number of nitrogens with zero attached hydrogens (tertiary/aromatic N) is 1. The molecule has 24 heavy (non-hydrogen) atoms. The minimum absolute atomic E-state index is 0.142. The van der Waals surface area contributed by atoms with Crippen molar-refractivity contribution < 1.29 is 14.7 Å². The summed E-state index contributed by atoms with van der Waals surface area (Å²) in [7, 11) is 0. The van der Waals surface area contributed by atoms with Crippen molar-refractivity contribution in [1.29, 1.82) is 0 Å². The molecule has 2 N–H and O–H groups in total. The third kappa shape index (κ3) is 2.85. The molecule has 1 unspecified atom stereocenters. The third-order valence-electron chi connectivity index (χ3n) is 4.45. The van der Waals surface area contributed by atoms with E-state index in [-0.39, 0.29) is 18.5 Å². The molecular formula is C19H20N2O3. The summed E-state index contributed by atoms with van der Waals surface area (Å²) in [6.07, 6.45) is 0.697. The van der Waals surface area contributed by atoms with Crippen LogP contribution in [0.4, 0.5) is 0 Å². The second kappa shape index (κ2) is 6.35. The molecule has 3 aromatic rings. The number of aliphatic carboxylic acids is 1. The van der Waals surface area contributed by atoms with E-state index >= 15 is 0 Å². The summed E-state index contributed by atoms with van der Waals surface area (Å²) >= 11 is 0. The number of carboxylic acid groups (broad SMARTS) is 1. The maximum absolute atomic E-state index is 12.8. The summed E-state index contributed by atoms with van der Waals surface area (Å²) in [6.45, 7) is 3.49. The van der Waals surface area contributed by atoms with Crippen molar-refractivity contribution in [3.63, 3.8) is 0 Å². The van der Waals surface area contributed by atoms with E-state index in [2.05, 4.69) is 4.98 Å². The van der Waals surface area contributed by atoms with Gasteiger partial charge >= 0.3 is 5.97 Å². The molecule has 0 aliphatic heterocycles. The van der Waals surface area contributed by atoms with Crippen LogP contribution in [0.15, 0.2) is 42.5 Å². The third-order valence-corrected chi connectivity index (χ3v) is 4.45. The molecule has 0 fully saturated rings. The lowest BCUT2D eigenvalue weighted by atomic mass is 10.1. The number of fused-ring (bicyclic) bond motifs is 3. The number of aromatic nitrogens is 1. The van der Waals surface area contributed by atoms with Gasteiger partial charge in [-0.15, -0.1) is 0 Å². The molecule has 0 spiro atoms. The van der Waals surface area contributed by atoms with Gasteiger partial charge in [0.2, 0.25) is 0 Å². The second-order valence-electron chi connectivity index (χ2n) is 6.02. The summed E-state index contributed by atoms with van der Waals surface area (Å²) in [5.41, 5.74) is 1.29. The molecule has 1 atom stereocenters. The fourth-order valence-corrected chi connectivity index (χ4v) is 2.95. The van der Waals surface area contributed by atoms with E-state index in [1.54, 1.807) is 0 Å². The van der Waals surface area contributed by atoms with Gasteiger partial charge in [0.05, 0.1) is 0 Å². The van der Waals surface area contributed by atoms with Crippen LogP contribution in [0.3, 0.4) is 0 Å². The van der Waals surface area contributed by atoms with Gasteiger partial charge in [-0.05, 0) is 36.2 Å². The van der Waals surface area contributed by atoms with Crippen molar-refractivity contribution >= 4 is 33.6 Å². The highest BCUT2D eigenvalue weighted by Gasteiger charge is 2.24. The molecule has 0 saturated heterocycles. The second-order valence-corrected chi connectivity index (χ2v) is 6.02. The van der Waals surface area contributed by atoms with Crippen LogP contribution in [-0.2, 0) is 4.79 Å². The first-order valence-electron chi connectivity index (χ1n) is 8.04. The normalized spacial score (nSPS) is 12.4. The average Bonchev–Trinajstić information content (AvgIpc) is 3.03. The molecule has 0 radical (unpaired) electrons. The Morgan fingerprint density at radius 1 is 1.17 bits per heavy atom. The first-order chi connectivity index (χ1) is 11.5. The SMILES string of the molecule is CCC(C)N(CC(=O)O)C(=O)c1cc2c(ccc3ccccc32)[nH]1. The predicted molar refractivity (Wildman–Crippen MR) is 94.2 cm³/mol. The van der Waals surface area contributed by atoms with Crippen LogP contribution in [0.25, 0.3) is 21.7 Å². The number of carboxylic acids is 1. The highest BCUT2D eigenvalue weighted by molar-refractivity contribution is 6.10. The zero-order valence-electron chi connectivity index (χ0n) is 13.7. The lowest BCUT2D eigenvalue weighted by Gasteiger charge is -2.26. The van der Waals surface area contributed by atoms with Crippen LogP contribution in [0.2, 0.25) is 0 Å². The molecule has 1 heterocycles. The molecule has 3 rings (SSSR count). The van der Waals surface area contributed by atoms with Gasteiger partial charge < -0.3 is 15.0 Å². The average molecular weight is 324 g/mol. The van der Waals surface area contributed by atoms with Gasteiger partial charge in [-0.25, -0.2) is 0 Å². The van der Waals surface area contributed by atoms with Crippen LogP contribution in [0.1, 0.15) is 30.8 Å². The minimum Gasteiger partial charge on any atom is -0.480 e. The van der Waals surface area contributed by atoms with Crippen LogP contribution in [0.5, 0.6) is 0 Å². The van der Waals surface area contributed by atoms with Gasteiger partial charge in [-0.2, -0.15) is 0 Å². The van der Waals surface area contributed by atoms with E-state index in [9.17, 15) is 9.59 Å². The van der Waals surface area contributed by atoms with Crippen LogP contribution in [-0.4, -0.2) is 39.5 Å². The number of carbonyl (C=O) groups excluding carboxylic acids is 1. The van der Waals surface area contributed by atoms with Crippen molar-refractivity contribution in [3.05, 3.63) is 48.2 Å². The Morgan fingerprint density at radius 3 is 2.62 bits per heavy atom. The van der Waals surface area contributed by atoms with Gasteiger partial charge in [0.15, 0.2) is 0 Å². The van der Waals surface area contributed by atoms with Crippen molar-refractivity contribution in [1.82, 2.24) is 9.88 Å². The molecule has 124 valence electrons. The standard InChI is InChI=1S/C19H20N2O3/c1-3-12(2)21(11-18(22)23)19(24)17-10-15-14-7-5-4-6-13(14)8-9-16(15)20-17/h4-10,12,20H,3,11H2,1-2H3,(H,22,23). The lowest BCUT2D eigenvalue weighted by Crippen LogP contribution is -2.42. The highest BCUT2D eigenvalue weighted by Crippen LogP contribution is 2.26. The molecule has 5 heteroatoms. The van der Waals surface area contributed by atoms with Gasteiger partial charge in [0.1, 0.15) is 12.2 Å². The predicted octanol–water partition coefficient (Wildman–Crippen LogP) is 3.65. The number of hydrogen-bond acceptors (Lipinski definition) is 2. The van der Waals surface area contributed by atoms with Crippen LogP contribution >= 0.6 is 0 Å². The first kappa shape index (κ1) is 16.1. The van der Waals surface area contributed by atoms with E-state index in [1.807, 2.05) is 56.3 Å². The summed E-state index contributed by atoms with van der Waals surface area (Å²) in [4.78, 5) is 28.5. The Hall–Kier alpha value is -2.82. The Labute approximate surface area is 139 Å². The Bertz CT molecular complexity index is 913. The summed E-state index contributed by atoms with van der Waals surface area (Å²) in [6, 6.07) is 13.6. The molecular weight excluding hydrogens is 304 g/mol. The van der Waals surface area contributed by atoms with E-state index in [4.69, 9.17) is 5.11 Å². The zero-order valence-corrected chi connectivity index (χ0v) is 13.7. The lowest BCUT2D eigenvalue weighted by molar-refractivity contribution is -0.138. The summed E-state index contributed by atoms with van der Waals surface area (Å²) < 4.78 is 0. The number of H-pyrrole nitrogens is 1. The van der Waals surface area contributed by atoms with Gasteiger partial charge in [-0.1, -0.05) is 37.3 Å². The summed E-state index contributed by atoms with van der Waals surface area (Å²) in [5.74, 6) is -1.29. The number of benzene rings is 2. The largest absolute Gasteiger partial charge is 0.480 e. The Balaban J connectivity index is 2.05. The molecule has 0 aliphatic rings. The van der Waals surface area contributed by atoms with Crippen molar-refractivity contribution in [3.8, 4) is 0 Å². The molecule has 0 saturated carbocycles. The number of nitrogens with one attached hydrogen (secondary N) is 1. The number of amides is 1. The first-order valence-corrected chi connectivity index (χ1v) is 8.04.